The Bertz CT molecular complexity index is 370. The third kappa shape index (κ3) is 3.85. The number of furan rings is 1. The maximum atomic E-state index is 5.82. The zero-order valence-corrected chi connectivity index (χ0v) is 12.0. The molecular formula is C15H26N2O. The minimum Gasteiger partial charge on any atom is -0.463 e. The van der Waals surface area contributed by atoms with Gasteiger partial charge in [-0.15, -0.1) is 0 Å². The van der Waals surface area contributed by atoms with Gasteiger partial charge in [-0.1, -0.05) is 13.8 Å². The molecular weight excluding hydrogens is 224 g/mol. The highest BCUT2D eigenvalue weighted by Gasteiger charge is 2.23. The van der Waals surface area contributed by atoms with Crippen LogP contribution in [0.3, 0.4) is 0 Å². The predicted molar refractivity (Wildman–Crippen MR) is 74.4 cm³/mol. The van der Waals surface area contributed by atoms with Crippen LogP contribution >= 0.6 is 0 Å². The van der Waals surface area contributed by atoms with Crippen molar-refractivity contribution in [3.63, 3.8) is 0 Å². The van der Waals surface area contributed by atoms with Gasteiger partial charge in [-0.2, -0.15) is 0 Å². The van der Waals surface area contributed by atoms with Crippen molar-refractivity contribution in [1.29, 1.82) is 0 Å². The third-order valence-electron chi connectivity index (χ3n) is 3.88. The summed E-state index contributed by atoms with van der Waals surface area (Å²) in [7, 11) is 1.94. The molecule has 0 unspecified atom stereocenters. The van der Waals surface area contributed by atoms with E-state index in [9.17, 15) is 0 Å². The van der Waals surface area contributed by atoms with Gasteiger partial charge in [0.1, 0.15) is 11.5 Å². The van der Waals surface area contributed by atoms with Gasteiger partial charge in [-0.05, 0) is 56.9 Å². The molecule has 3 heteroatoms. The van der Waals surface area contributed by atoms with E-state index in [0.29, 0.717) is 5.41 Å². The Balaban J connectivity index is 1.88. The van der Waals surface area contributed by atoms with Crippen LogP contribution in [0.25, 0.3) is 0 Å². The molecule has 0 saturated carbocycles. The summed E-state index contributed by atoms with van der Waals surface area (Å²) in [5.74, 6) is 2.13. The Morgan fingerprint density at radius 1 is 1.22 bits per heavy atom. The van der Waals surface area contributed by atoms with Gasteiger partial charge in [0.05, 0.1) is 13.1 Å². The molecule has 1 aromatic heterocycles. The van der Waals surface area contributed by atoms with E-state index in [4.69, 9.17) is 4.42 Å². The van der Waals surface area contributed by atoms with Gasteiger partial charge in [0.2, 0.25) is 0 Å². The van der Waals surface area contributed by atoms with E-state index in [0.717, 1.165) is 24.6 Å². The molecule has 2 heterocycles. The Morgan fingerprint density at radius 2 is 2.00 bits per heavy atom. The van der Waals surface area contributed by atoms with Gasteiger partial charge >= 0.3 is 0 Å². The fourth-order valence-corrected chi connectivity index (χ4v) is 2.63. The third-order valence-corrected chi connectivity index (χ3v) is 3.88. The van der Waals surface area contributed by atoms with Crippen LogP contribution in [0.15, 0.2) is 16.5 Å². The van der Waals surface area contributed by atoms with E-state index < -0.39 is 0 Å². The SMILES string of the molecule is CNCc1ccc(CN2CCCC(C)(C)CC2)o1. The second-order valence-corrected chi connectivity index (χ2v) is 6.19. The molecule has 0 aliphatic carbocycles. The lowest BCUT2D eigenvalue weighted by Crippen LogP contribution is -2.24. The standard InChI is InChI=1S/C15H26N2O/c1-15(2)7-4-9-17(10-8-15)12-14-6-5-13(18-14)11-16-3/h5-6,16H,4,7-12H2,1-3H3. The average Bonchev–Trinajstić information content (AvgIpc) is 2.66. The Kier molecular flexibility index (Phi) is 4.46. The smallest absolute Gasteiger partial charge is 0.118 e. The van der Waals surface area contributed by atoms with Gasteiger partial charge in [0.25, 0.3) is 0 Å². The van der Waals surface area contributed by atoms with Crippen molar-refractivity contribution in [3.8, 4) is 0 Å². The minimum atomic E-state index is 0.509. The summed E-state index contributed by atoms with van der Waals surface area (Å²) in [5, 5.41) is 3.11. The van der Waals surface area contributed by atoms with E-state index in [1.165, 1.54) is 32.4 Å². The van der Waals surface area contributed by atoms with E-state index in [2.05, 4.69) is 36.2 Å². The molecule has 1 aliphatic heterocycles. The molecule has 0 amide bonds. The maximum Gasteiger partial charge on any atom is 0.118 e. The molecule has 0 aromatic carbocycles. The molecule has 1 aromatic rings. The molecule has 0 radical (unpaired) electrons. The van der Waals surface area contributed by atoms with Crippen molar-refractivity contribution < 1.29 is 4.42 Å². The van der Waals surface area contributed by atoms with E-state index in [1.54, 1.807) is 0 Å². The van der Waals surface area contributed by atoms with E-state index in [-0.39, 0.29) is 0 Å². The number of likely N-dealkylation sites (tertiary alicyclic amines) is 1. The summed E-state index contributed by atoms with van der Waals surface area (Å²) < 4.78 is 5.82. The Morgan fingerprint density at radius 3 is 2.78 bits per heavy atom. The number of hydrogen-bond donors (Lipinski definition) is 1. The Labute approximate surface area is 111 Å². The summed E-state index contributed by atoms with van der Waals surface area (Å²) in [4.78, 5) is 2.52. The van der Waals surface area contributed by atoms with E-state index in [1.807, 2.05) is 7.05 Å². The van der Waals surface area contributed by atoms with Crippen LogP contribution < -0.4 is 5.32 Å². The average molecular weight is 250 g/mol. The fourth-order valence-electron chi connectivity index (χ4n) is 2.63. The lowest BCUT2D eigenvalue weighted by Gasteiger charge is -2.22. The second-order valence-electron chi connectivity index (χ2n) is 6.19. The first-order valence-corrected chi connectivity index (χ1v) is 7.04. The molecule has 1 saturated heterocycles. The van der Waals surface area contributed by atoms with Gasteiger partial charge < -0.3 is 9.73 Å². The first-order chi connectivity index (χ1) is 8.59. The molecule has 0 spiro atoms. The molecule has 0 atom stereocenters. The summed E-state index contributed by atoms with van der Waals surface area (Å²) in [6.45, 7) is 8.93. The molecule has 2 rings (SSSR count). The number of nitrogens with zero attached hydrogens (tertiary/aromatic N) is 1. The predicted octanol–water partition coefficient (Wildman–Crippen LogP) is 3.01. The summed E-state index contributed by atoms with van der Waals surface area (Å²) in [5.41, 5.74) is 0.509. The molecule has 1 aliphatic rings. The summed E-state index contributed by atoms with van der Waals surface area (Å²) in [6.07, 6.45) is 3.93. The van der Waals surface area contributed by atoms with Crippen LogP contribution in [0.1, 0.15) is 44.6 Å². The largest absolute Gasteiger partial charge is 0.463 e. The van der Waals surface area contributed by atoms with Crippen molar-refractivity contribution in [1.82, 2.24) is 10.2 Å². The molecule has 1 fully saturated rings. The minimum absolute atomic E-state index is 0.509. The van der Waals surface area contributed by atoms with Crippen molar-refractivity contribution in [2.75, 3.05) is 20.1 Å². The highest BCUT2D eigenvalue weighted by molar-refractivity contribution is 5.07. The molecule has 0 bridgehead atoms. The topological polar surface area (TPSA) is 28.4 Å². The highest BCUT2D eigenvalue weighted by atomic mass is 16.3. The van der Waals surface area contributed by atoms with Crippen LogP contribution in [-0.2, 0) is 13.1 Å². The van der Waals surface area contributed by atoms with Gasteiger partial charge in [-0.3, -0.25) is 4.90 Å². The fraction of sp³-hybridized carbons (Fsp3) is 0.733. The van der Waals surface area contributed by atoms with Crippen LogP contribution in [0.5, 0.6) is 0 Å². The van der Waals surface area contributed by atoms with Crippen LogP contribution in [0.4, 0.5) is 0 Å². The summed E-state index contributed by atoms with van der Waals surface area (Å²) in [6, 6.07) is 4.19. The number of hydrogen-bond acceptors (Lipinski definition) is 3. The van der Waals surface area contributed by atoms with Crippen molar-refractivity contribution >= 4 is 0 Å². The summed E-state index contributed by atoms with van der Waals surface area (Å²) >= 11 is 0. The quantitative estimate of drug-likeness (QED) is 0.890. The van der Waals surface area contributed by atoms with Crippen LogP contribution in [0.2, 0.25) is 0 Å². The van der Waals surface area contributed by atoms with Gasteiger partial charge in [0.15, 0.2) is 0 Å². The highest BCUT2D eigenvalue weighted by Crippen LogP contribution is 2.30. The second kappa shape index (κ2) is 5.89. The lowest BCUT2D eigenvalue weighted by atomic mass is 9.85. The van der Waals surface area contributed by atoms with Crippen LogP contribution in [0, 0.1) is 5.41 Å². The van der Waals surface area contributed by atoms with Crippen molar-refractivity contribution in [2.45, 2.75) is 46.2 Å². The molecule has 18 heavy (non-hydrogen) atoms. The zero-order valence-electron chi connectivity index (χ0n) is 12.0. The monoisotopic (exact) mass is 250 g/mol. The van der Waals surface area contributed by atoms with E-state index >= 15 is 0 Å². The number of rotatable bonds is 4. The van der Waals surface area contributed by atoms with Crippen LogP contribution in [-0.4, -0.2) is 25.0 Å². The first kappa shape index (κ1) is 13.6. The van der Waals surface area contributed by atoms with Gasteiger partial charge in [-0.25, -0.2) is 0 Å². The van der Waals surface area contributed by atoms with Crippen molar-refractivity contribution in [2.24, 2.45) is 5.41 Å². The van der Waals surface area contributed by atoms with Crippen molar-refractivity contribution in [3.05, 3.63) is 23.7 Å². The van der Waals surface area contributed by atoms with Gasteiger partial charge in [0, 0.05) is 0 Å². The molecule has 3 nitrogen and oxygen atoms in total. The first-order valence-electron chi connectivity index (χ1n) is 7.04. The maximum absolute atomic E-state index is 5.82. The lowest BCUT2D eigenvalue weighted by molar-refractivity contribution is 0.236. The Hall–Kier alpha value is -0.800. The molecule has 1 N–H and O–H groups in total. The number of nitrogens with one attached hydrogen (secondary N) is 1. The normalized spacial score (nSPS) is 20.8. The zero-order chi connectivity index (χ0) is 13.0. The molecule has 102 valence electrons.